The van der Waals surface area contributed by atoms with Gasteiger partial charge in [0, 0.05) is 11.8 Å². The minimum atomic E-state index is -1.00. The van der Waals surface area contributed by atoms with E-state index in [1.807, 2.05) is 0 Å². The van der Waals surface area contributed by atoms with Crippen LogP contribution in [0, 0.1) is 0 Å². The van der Waals surface area contributed by atoms with Gasteiger partial charge in [-0.1, -0.05) is 26.2 Å². The fourth-order valence-electron chi connectivity index (χ4n) is 1.61. The summed E-state index contributed by atoms with van der Waals surface area (Å²) in [6.45, 7) is 3.83. The predicted octanol–water partition coefficient (Wildman–Crippen LogP) is 2.25. The summed E-state index contributed by atoms with van der Waals surface area (Å²) in [4.78, 5) is 15.6. The van der Waals surface area contributed by atoms with Gasteiger partial charge in [-0.05, 0) is 19.8 Å². The Kier molecular flexibility index (Phi) is 4.69. The van der Waals surface area contributed by atoms with Crippen LogP contribution in [0.5, 0.6) is 0 Å². The first kappa shape index (κ1) is 12.1. The zero-order valence-electron chi connectivity index (χ0n) is 9.49. The summed E-state index contributed by atoms with van der Waals surface area (Å²) in [5.74, 6) is -0.168. The fraction of sp³-hybridized carbons (Fsp3) is 0.667. The molecule has 0 radical (unpaired) electrons. The number of Topliss-reactive ketones (excluding diaryl/α,β-unsaturated/α-hetero) is 1. The molecule has 0 aromatic heterocycles. The van der Waals surface area contributed by atoms with Gasteiger partial charge in [0.15, 0.2) is 11.9 Å². The number of unbranched alkanes of at least 4 members (excludes halogenated alkanes) is 3. The van der Waals surface area contributed by atoms with Crippen molar-refractivity contribution in [2.24, 2.45) is 4.99 Å². The maximum absolute atomic E-state index is 11.6. The van der Waals surface area contributed by atoms with Crippen molar-refractivity contribution >= 4 is 11.5 Å². The Balaban J connectivity index is 2.45. The molecule has 15 heavy (non-hydrogen) atoms. The molecule has 0 saturated heterocycles. The highest BCUT2D eigenvalue weighted by molar-refractivity contribution is 6.15. The van der Waals surface area contributed by atoms with Crippen molar-refractivity contribution in [2.45, 2.75) is 52.1 Å². The van der Waals surface area contributed by atoms with E-state index in [4.69, 9.17) is 0 Å². The topological polar surface area (TPSA) is 49.7 Å². The van der Waals surface area contributed by atoms with Crippen LogP contribution in [0.15, 0.2) is 16.8 Å². The molecular weight excluding hydrogens is 190 g/mol. The molecular formula is C12H19NO2. The molecule has 1 N–H and O–H groups in total. The Morgan fingerprint density at radius 1 is 1.40 bits per heavy atom. The van der Waals surface area contributed by atoms with E-state index >= 15 is 0 Å². The number of aliphatic hydroxyl groups excluding tert-OH is 1. The highest BCUT2D eigenvalue weighted by Gasteiger charge is 2.24. The first-order chi connectivity index (χ1) is 7.16. The van der Waals surface area contributed by atoms with E-state index in [1.165, 1.54) is 12.8 Å². The van der Waals surface area contributed by atoms with Gasteiger partial charge in [0.25, 0.3) is 0 Å². The smallest absolute Gasteiger partial charge is 0.194 e. The van der Waals surface area contributed by atoms with Crippen molar-refractivity contribution in [1.29, 1.82) is 0 Å². The van der Waals surface area contributed by atoms with E-state index in [1.54, 1.807) is 13.1 Å². The summed E-state index contributed by atoms with van der Waals surface area (Å²) in [7, 11) is 0. The predicted molar refractivity (Wildman–Crippen MR) is 61.0 cm³/mol. The molecule has 1 aliphatic rings. The second kappa shape index (κ2) is 5.81. The summed E-state index contributed by atoms with van der Waals surface area (Å²) >= 11 is 0. The summed E-state index contributed by atoms with van der Waals surface area (Å²) in [6.07, 6.45) is 5.88. The third-order valence-corrected chi connectivity index (χ3v) is 2.68. The molecule has 1 heterocycles. The summed E-state index contributed by atoms with van der Waals surface area (Å²) in [6, 6.07) is 0. The maximum atomic E-state index is 11.6. The standard InChI is InChI=1S/C12H19NO2/c1-3-4-5-6-7-10-8-13-9(2)11(14)12(10)15/h8,11,14H,3-7H2,1-2H3. The zero-order valence-corrected chi connectivity index (χ0v) is 9.49. The van der Waals surface area contributed by atoms with Crippen molar-refractivity contribution in [1.82, 2.24) is 0 Å². The minimum Gasteiger partial charge on any atom is -0.379 e. The Morgan fingerprint density at radius 2 is 2.13 bits per heavy atom. The fourth-order valence-corrected chi connectivity index (χ4v) is 1.61. The lowest BCUT2D eigenvalue weighted by Gasteiger charge is -2.15. The first-order valence-corrected chi connectivity index (χ1v) is 5.62. The van der Waals surface area contributed by atoms with E-state index in [0.717, 1.165) is 19.3 Å². The van der Waals surface area contributed by atoms with Gasteiger partial charge in [-0.15, -0.1) is 0 Å². The van der Waals surface area contributed by atoms with Crippen LogP contribution < -0.4 is 0 Å². The van der Waals surface area contributed by atoms with Gasteiger partial charge in [-0.3, -0.25) is 9.79 Å². The lowest BCUT2D eigenvalue weighted by molar-refractivity contribution is -0.120. The largest absolute Gasteiger partial charge is 0.379 e. The molecule has 1 rings (SSSR count). The van der Waals surface area contributed by atoms with Gasteiger partial charge in [-0.25, -0.2) is 0 Å². The molecule has 0 aromatic rings. The molecule has 0 aromatic carbocycles. The number of hydrogen-bond acceptors (Lipinski definition) is 3. The van der Waals surface area contributed by atoms with E-state index in [0.29, 0.717) is 11.3 Å². The number of carbonyl (C=O) groups is 1. The van der Waals surface area contributed by atoms with Gasteiger partial charge >= 0.3 is 0 Å². The van der Waals surface area contributed by atoms with E-state index in [9.17, 15) is 9.90 Å². The van der Waals surface area contributed by atoms with E-state index in [-0.39, 0.29) is 5.78 Å². The Labute approximate surface area is 90.9 Å². The van der Waals surface area contributed by atoms with Gasteiger partial charge in [-0.2, -0.15) is 0 Å². The molecule has 1 atom stereocenters. The third kappa shape index (κ3) is 3.27. The Morgan fingerprint density at radius 3 is 2.80 bits per heavy atom. The van der Waals surface area contributed by atoms with Gasteiger partial charge in [0.1, 0.15) is 0 Å². The normalized spacial score (nSPS) is 21.3. The maximum Gasteiger partial charge on any atom is 0.194 e. The second-order valence-electron chi connectivity index (χ2n) is 4.00. The first-order valence-electron chi connectivity index (χ1n) is 5.62. The molecule has 0 aliphatic carbocycles. The van der Waals surface area contributed by atoms with E-state index < -0.39 is 6.10 Å². The number of aliphatic imine (C=N–C) groups is 1. The third-order valence-electron chi connectivity index (χ3n) is 2.68. The Hall–Kier alpha value is -0.960. The van der Waals surface area contributed by atoms with Crippen LogP contribution in [0.3, 0.4) is 0 Å². The molecule has 3 heteroatoms. The molecule has 84 valence electrons. The van der Waals surface area contributed by atoms with Gasteiger partial charge in [0.2, 0.25) is 0 Å². The molecule has 0 fully saturated rings. The molecule has 1 aliphatic heterocycles. The van der Waals surface area contributed by atoms with E-state index in [2.05, 4.69) is 11.9 Å². The number of nitrogens with zero attached hydrogens (tertiary/aromatic N) is 1. The number of rotatable bonds is 5. The monoisotopic (exact) mass is 209 g/mol. The molecule has 0 saturated carbocycles. The summed E-state index contributed by atoms with van der Waals surface area (Å²) in [5, 5.41) is 9.50. The highest BCUT2D eigenvalue weighted by atomic mass is 16.3. The Bertz CT molecular complexity index is 292. The quantitative estimate of drug-likeness (QED) is 0.706. The van der Waals surface area contributed by atoms with Crippen LogP contribution in [0.25, 0.3) is 0 Å². The van der Waals surface area contributed by atoms with Crippen LogP contribution in [0.1, 0.15) is 46.0 Å². The molecule has 0 amide bonds. The van der Waals surface area contributed by atoms with Crippen molar-refractivity contribution in [3.05, 3.63) is 11.8 Å². The average molecular weight is 209 g/mol. The number of ketones is 1. The second-order valence-corrected chi connectivity index (χ2v) is 4.00. The average Bonchev–Trinajstić information content (AvgIpc) is 2.24. The minimum absolute atomic E-state index is 0.168. The number of carbonyl (C=O) groups excluding carboxylic acids is 1. The van der Waals surface area contributed by atoms with Crippen LogP contribution in [-0.2, 0) is 4.79 Å². The van der Waals surface area contributed by atoms with Crippen LogP contribution in [0.2, 0.25) is 0 Å². The molecule has 3 nitrogen and oxygen atoms in total. The highest BCUT2D eigenvalue weighted by Crippen LogP contribution is 2.16. The van der Waals surface area contributed by atoms with Crippen LogP contribution >= 0.6 is 0 Å². The van der Waals surface area contributed by atoms with Gasteiger partial charge < -0.3 is 5.11 Å². The lowest BCUT2D eigenvalue weighted by Crippen LogP contribution is -2.31. The molecule has 0 bridgehead atoms. The van der Waals surface area contributed by atoms with Crippen molar-refractivity contribution in [3.8, 4) is 0 Å². The van der Waals surface area contributed by atoms with Crippen LogP contribution in [0.4, 0.5) is 0 Å². The lowest BCUT2D eigenvalue weighted by atomic mass is 9.97. The summed E-state index contributed by atoms with van der Waals surface area (Å²) < 4.78 is 0. The zero-order chi connectivity index (χ0) is 11.3. The van der Waals surface area contributed by atoms with Crippen molar-refractivity contribution in [2.75, 3.05) is 0 Å². The number of hydrogen-bond donors (Lipinski definition) is 1. The molecule has 1 unspecified atom stereocenters. The summed E-state index contributed by atoms with van der Waals surface area (Å²) in [5.41, 5.74) is 1.17. The SMILES string of the molecule is CCCCCCC1=CN=C(C)C(O)C1=O. The molecule has 0 spiro atoms. The van der Waals surface area contributed by atoms with Crippen LogP contribution in [-0.4, -0.2) is 22.7 Å². The van der Waals surface area contributed by atoms with Gasteiger partial charge in [0.05, 0.1) is 5.71 Å². The van der Waals surface area contributed by atoms with Crippen molar-refractivity contribution in [3.63, 3.8) is 0 Å². The van der Waals surface area contributed by atoms with Crippen molar-refractivity contribution < 1.29 is 9.90 Å². The number of aliphatic hydroxyl groups is 1.